The number of halogens is 5. The highest BCUT2D eigenvalue weighted by Crippen LogP contribution is 2.34. The van der Waals surface area contributed by atoms with E-state index >= 15 is 0 Å². The van der Waals surface area contributed by atoms with E-state index in [-0.39, 0.29) is 17.1 Å². The van der Waals surface area contributed by atoms with E-state index in [1.807, 2.05) is 0 Å². The summed E-state index contributed by atoms with van der Waals surface area (Å²) >= 11 is 0. The van der Waals surface area contributed by atoms with Crippen LogP contribution in [0.2, 0.25) is 0 Å². The Labute approximate surface area is 139 Å². The fourth-order valence-electron chi connectivity index (χ4n) is 2.63. The van der Waals surface area contributed by atoms with Crippen LogP contribution in [0.4, 0.5) is 27.6 Å². The molecular weight excluding hydrogens is 343 g/mol. The molecule has 1 aliphatic rings. The summed E-state index contributed by atoms with van der Waals surface area (Å²) in [7, 11) is 0. The Bertz CT molecular complexity index is 853. The van der Waals surface area contributed by atoms with Gasteiger partial charge in [0.1, 0.15) is 5.69 Å². The van der Waals surface area contributed by atoms with Gasteiger partial charge in [0, 0.05) is 5.71 Å². The zero-order valence-electron chi connectivity index (χ0n) is 12.9. The summed E-state index contributed by atoms with van der Waals surface area (Å²) in [6, 6.07) is 8.79. The minimum Gasteiger partial charge on any atom is -0.272 e. The number of anilines is 1. The largest absolute Gasteiger partial charge is 0.272 e. The third kappa shape index (κ3) is 2.77. The van der Waals surface area contributed by atoms with Crippen LogP contribution in [0.1, 0.15) is 12.5 Å². The lowest BCUT2D eigenvalue weighted by molar-refractivity contribution is -0.119. The van der Waals surface area contributed by atoms with Gasteiger partial charge in [-0.15, -0.1) is 0 Å². The second-order valence-corrected chi connectivity index (χ2v) is 5.55. The van der Waals surface area contributed by atoms with Crippen molar-refractivity contribution in [2.45, 2.75) is 13.3 Å². The maximum atomic E-state index is 13.9. The van der Waals surface area contributed by atoms with E-state index in [1.165, 1.54) is 6.92 Å². The molecule has 3 nitrogen and oxygen atoms in total. The molecule has 0 saturated heterocycles. The van der Waals surface area contributed by atoms with Gasteiger partial charge in [0.05, 0.1) is 5.92 Å². The Kier molecular flexibility index (Phi) is 4.28. The average molecular weight is 354 g/mol. The molecule has 0 saturated carbocycles. The Balaban J connectivity index is 2.00. The van der Waals surface area contributed by atoms with E-state index in [4.69, 9.17) is 0 Å². The Morgan fingerprint density at radius 2 is 1.44 bits per heavy atom. The normalized spacial score (nSPS) is 17.2. The van der Waals surface area contributed by atoms with Gasteiger partial charge in [-0.1, -0.05) is 30.3 Å². The second kappa shape index (κ2) is 6.27. The van der Waals surface area contributed by atoms with Gasteiger partial charge in [-0.3, -0.25) is 4.79 Å². The lowest BCUT2D eigenvalue weighted by Crippen LogP contribution is -2.30. The fraction of sp³-hybridized carbons (Fsp3) is 0.176. The van der Waals surface area contributed by atoms with Crippen molar-refractivity contribution < 1.29 is 26.7 Å². The quantitative estimate of drug-likeness (QED) is 0.466. The maximum absolute atomic E-state index is 13.9. The Morgan fingerprint density at radius 3 is 2.00 bits per heavy atom. The zero-order valence-corrected chi connectivity index (χ0v) is 12.9. The number of rotatable bonds is 3. The number of hydrazone groups is 1. The van der Waals surface area contributed by atoms with Gasteiger partial charge in [-0.25, -0.2) is 22.0 Å². The first-order valence-corrected chi connectivity index (χ1v) is 7.27. The van der Waals surface area contributed by atoms with Crippen LogP contribution >= 0.6 is 0 Å². The van der Waals surface area contributed by atoms with Crippen molar-refractivity contribution in [1.29, 1.82) is 0 Å². The maximum Gasteiger partial charge on any atom is 0.256 e. The molecule has 0 bridgehead atoms. The molecule has 2 aromatic carbocycles. The van der Waals surface area contributed by atoms with Crippen LogP contribution in [-0.2, 0) is 11.2 Å². The standard InChI is InChI=1S/C17H11F5N2O/c1-8-10(7-9-5-3-2-4-6-9)17(25)24(23-8)16-14(21)12(19)11(18)13(20)15(16)22/h2-6,10H,7H2,1H3/t10-/m1/s1. The molecule has 1 amide bonds. The summed E-state index contributed by atoms with van der Waals surface area (Å²) in [4.78, 5) is 12.5. The van der Waals surface area contributed by atoms with E-state index in [0.717, 1.165) is 5.56 Å². The summed E-state index contributed by atoms with van der Waals surface area (Å²) in [6.45, 7) is 1.46. The van der Waals surface area contributed by atoms with Crippen molar-refractivity contribution in [2.75, 3.05) is 5.01 Å². The Hall–Kier alpha value is -2.77. The summed E-state index contributed by atoms with van der Waals surface area (Å²) in [5.41, 5.74) is -0.372. The van der Waals surface area contributed by atoms with Crippen LogP contribution < -0.4 is 5.01 Å². The molecule has 0 spiro atoms. The molecule has 1 atom stereocenters. The summed E-state index contributed by atoms with van der Waals surface area (Å²) in [6.07, 6.45) is 0.195. The second-order valence-electron chi connectivity index (χ2n) is 5.55. The molecule has 0 aromatic heterocycles. The van der Waals surface area contributed by atoms with Gasteiger partial charge >= 0.3 is 0 Å². The molecule has 0 unspecified atom stereocenters. The third-order valence-corrected chi connectivity index (χ3v) is 3.95. The lowest BCUT2D eigenvalue weighted by Gasteiger charge is -2.16. The monoisotopic (exact) mass is 354 g/mol. The number of benzene rings is 2. The van der Waals surface area contributed by atoms with Crippen molar-refractivity contribution in [3.8, 4) is 0 Å². The number of hydrogen-bond donors (Lipinski definition) is 0. The molecule has 3 rings (SSSR count). The van der Waals surface area contributed by atoms with Crippen LogP contribution in [0.5, 0.6) is 0 Å². The predicted molar refractivity (Wildman–Crippen MR) is 80.5 cm³/mol. The van der Waals surface area contributed by atoms with Gasteiger partial charge in [0.15, 0.2) is 23.3 Å². The number of hydrogen-bond acceptors (Lipinski definition) is 2. The van der Waals surface area contributed by atoms with Gasteiger partial charge in [-0.2, -0.15) is 10.1 Å². The number of carbonyl (C=O) groups excluding carboxylic acids is 1. The smallest absolute Gasteiger partial charge is 0.256 e. The highest BCUT2D eigenvalue weighted by molar-refractivity contribution is 6.15. The molecule has 0 radical (unpaired) electrons. The van der Waals surface area contributed by atoms with Gasteiger partial charge < -0.3 is 0 Å². The molecule has 1 heterocycles. The van der Waals surface area contributed by atoms with Crippen LogP contribution in [0.3, 0.4) is 0 Å². The molecule has 0 aliphatic carbocycles. The highest BCUT2D eigenvalue weighted by Gasteiger charge is 2.39. The van der Waals surface area contributed by atoms with Crippen LogP contribution in [0.15, 0.2) is 35.4 Å². The van der Waals surface area contributed by atoms with E-state index in [1.54, 1.807) is 30.3 Å². The fourth-order valence-corrected chi connectivity index (χ4v) is 2.63. The van der Waals surface area contributed by atoms with Crippen molar-refractivity contribution in [1.82, 2.24) is 0 Å². The summed E-state index contributed by atoms with van der Waals surface area (Å²) in [5.74, 6) is -12.4. The Morgan fingerprint density at radius 1 is 0.920 bits per heavy atom. The first-order valence-electron chi connectivity index (χ1n) is 7.27. The van der Waals surface area contributed by atoms with Crippen LogP contribution in [-0.4, -0.2) is 11.6 Å². The van der Waals surface area contributed by atoms with E-state index in [2.05, 4.69) is 5.10 Å². The van der Waals surface area contributed by atoms with Crippen molar-refractivity contribution in [3.63, 3.8) is 0 Å². The molecule has 0 fully saturated rings. The molecule has 130 valence electrons. The summed E-state index contributed by atoms with van der Waals surface area (Å²) in [5, 5.41) is 3.96. The van der Waals surface area contributed by atoms with Crippen LogP contribution in [0, 0.1) is 35.0 Å². The van der Waals surface area contributed by atoms with Crippen LogP contribution in [0.25, 0.3) is 0 Å². The highest BCUT2D eigenvalue weighted by atomic mass is 19.2. The van der Waals surface area contributed by atoms with E-state index in [9.17, 15) is 26.7 Å². The van der Waals surface area contributed by atoms with E-state index < -0.39 is 46.6 Å². The van der Waals surface area contributed by atoms with Crippen molar-refractivity contribution in [3.05, 3.63) is 65.0 Å². The first-order chi connectivity index (χ1) is 11.8. The minimum absolute atomic E-state index is 0.195. The number of nitrogens with zero attached hydrogens (tertiary/aromatic N) is 2. The van der Waals surface area contributed by atoms with Gasteiger partial charge in [-0.05, 0) is 18.9 Å². The minimum atomic E-state index is -2.29. The molecule has 8 heteroatoms. The predicted octanol–water partition coefficient (Wildman–Crippen LogP) is 3.96. The zero-order chi connectivity index (χ0) is 18.3. The molecule has 0 N–H and O–H groups in total. The molecule has 25 heavy (non-hydrogen) atoms. The SMILES string of the molecule is CC1=NN(c2c(F)c(F)c(F)c(F)c2F)C(=O)[C@@H]1Cc1ccccc1. The van der Waals surface area contributed by atoms with Crippen molar-refractivity contribution in [2.24, 2.45) is 11.0 Å². The van der Waals surface area contributed by atoms with Crippen molar-refractivity contribution >= 4 is 17.3 Å². The number of amides is 1. The average Bonchev–Trinajstić information content (AvgIpc) is 2.87. The molecule has 2 aromatic rings. The number of carbonyl (C=O) groups is 1. The van der Waals surface area contributed by atoms with E-state index in [0.29, 0.717) is 0 Å². The third-order valence-electron chi connectivity index (χ3n) is 3.95. The molecular formula is C17H11F5N2O. The van der Waals surface area contributed by atoms with Gasteiger partial charge in [0.25, 0.3) is 5.91 Å². The lowest BCUT2D eigenvalue weighted by atomic mass is 9.95. The first kappa shape index (κ1) is 17.1. The molecule has 1 aliphatic heterocycles. The summed E-state index contributed by atoms with van der Waals surface area (Å²) < 4.78 is 67.8. The van der Waals surface area contributed by atoms with Gasteiger partial charge in [0.2, 0.25) is 5.82 Å². The topological polar surface area (TPSA) is 32.7 Å².